The van der Waals surface area contributed by atoms with Crippen LogP contribution in [0.15, 0.2) is 48.6 Å². The van der Waals surface area contributed by atoms with Gasteiger partial charge in [0.15, 0.2) is 0 Å². The summed E-state index contributed by atoms with van der Waals surface area (Å²) in [5.74, 6) is 0.0949. The molecule has 2 fully saturated rings. The lowest BCUT2D eigenvalue weighted by atomic mass is 9.94. The van der Waals surface area contributed by atoms with Crippen molar-refractivity contribution in [1.29, 1.82) is 0 Å². The number of aromatic nitrogens is 2. The van der Waals surface area contributed by atoms with Crippen LogP contribution in [0, 0.1) is 0 Å². The van der Waals surface area contributed by atoms with E-state index in [2.05, 4.69) is 64.7 Å². The Morgan fingerprint density at radius 1 is 1.15 bits per heavy atom. The van der Waals surface area contributed by atoms with E-state index in [1.165, 1.54) is 19.3 Å². The van der Waals surface area contributed by atoms with Gasteiger partial charge in [0.25, 0.3) is 0 Å². The Hall–Kier alpha value is -3.89. The first-order valence-corrected chi connectivity index (χ1v) is 17.0. The van der Waals surface area contributed by atoms with Gasteiger partial charge in [-0.15, -0.1) is 0 Å². The molecular formula is C36H45ClN6O4. The summed E-state index contributed by atoms with van der Waals surface area (Å²) in [6.07, 6.45) is 7.22. The van der Waals surface area contributed by atoms with Gasteiger partial charge >= 0.3 is 12.0 Å². The summed E-state index contributed by atoms with van der Waals surface area (Å²) in [6.45, 7) is 7.75. The molecule has 4 heterocycles. The third kappa shape index (κ3) is 6.50. The summed E-state index contributed by atoms with van der Waals surface area (Å²) in [5, 5.41) is 2.88. The second-order valence-electron chi connectivity index (χ2n) is 13.1. The Balaban J connectivity index is 1.31. The van der Waals surface area contributed by atoms with Crippen LogP contribution in [-0.4, -0.2) is 96.7 Å². The summed E-state index contributed by atoms with van der Waals surface area (Å²) >= 11 is 6.74. The highest BCUT2D eigenvalue weighted by atomic mass is 35.5. The molecule has 3 aromatic rings. The monoisotopic (exact) mass is 660 g/mol. The highest BCUT2D eigenvalue weighted by Crippen LogP contribution is 2.38. The molecule has 0 bridgehead atoms. The Kier molecular flexibility index (Phi) is 9.62. The number of methoxy groups -OCH3 is 1. The minimum absolute atomic E-state index is 0.000418. The fraction of sp³-hybridized carbons (Fsp3) is 0.500. The number of carbonyl (C=O) groups is 2. The summed E-state index contributed by atoms with van der Waals surface area (Å²) in [5.41, 5.74) is 3.11. The normalized spacial score (nSPS) is 23.0. The van der Waals surface area contributed by atoms with E-state index in [9.17, 15) is 9.59 Å². The molecule has 1 amide bonds. The molecule has 250 valence electrons. The smallest absolute Gasteiger partial charge is 0.330 e. The van der Waals surface area contributed by atoms with Gasteiger partial charge in [0.05, 0.1) is 29.9 Å². The largest absolute Gasteiger partial charge is 0.466 e. The molecule has 47 heavy (non-hydrogen) atoms. The SMILES string of the molecule is CCC1(COc2nc3c(c(N(C)C4CC(C)N(C(=O)/C=C/C(=O)OC)C4)n2)CCN(c2cccc4cccc(Cl)c24)C3)CCCN1C. The predicted molar refractivity (Wildman–Crippen MR) is 185 cm³/mol. The zero-order valence-corrected chi connectivity index (χ0v) is 28.8. The van der Waals surface area contributed by atoms with Gasteiger partial charge in [0, 0.05) is 61.0 Å². The van der Waals surface area contributed by atoms with E-state index in [0.717, 1.165) is 83.8 Å². The summed E-state index contributed by atoms with van der Waals surface area (Å²) in [4.78, 5) is 43.5. The molecule has 3 atom stereocenters. The molecule has 0 aliphatic carbocycles. The molecule has 2 saturated heterocycles. The third-order valence-corrected chi connectivity index (χ3v) is 10.9. The van der Waals surface area contributed by atoms with Crippen LogP contribution < -0.4 is 14.5 Å². The van der Waals surface area contributed by atoms with E-state index in [4.69, 9.17) is 26.3 Å². The molecule has 10 nitrogen and oxygen atoms in total. The van der Waals surface area contributed by atoms with Crippen molar-refractivity contribution in [1.82, 2.24) is 19.8 Å². The van der Waals surface area contributed by atoms with Crippen molar-refractivity contribution in [2.45, 2.75) is 70.1 Å². The second-order valence-corrected chi connectivity index (χ2v) is 13.5. The Morgan fingerprint density at radius 2 is 1.94 bits per heavy atom. The van der Waals surface area contributed by atoms with E-state index in [1.807, 2.05) is 19.1 Å². The van der Waals surface area contributed by atoms with Gasteiger partial charge in [-0.3, -0.25) is 9.69 Å². The number of likely N-dealkylation sites (N-methyl/N-ethyl adjacent to an activating group) is 2. The average molecular weight is 661 g/mol. The standard InChI is InChI=1S/C36H45ClN6O4/c1-6-36(17-9-18-40(36)3)23-47-35-38-29-22-42(30-13-8-11-25-10-7-12-28(37)33(25)30)19-16-27(29)34(39-35)41(4)26-20-24(2)43(21-26)31(44)14-15-32(45)46-5/h7-8,10-15,24,26H,6,9,16-23H2,1-5H3/b15-14+. The molecule has 0 spiro atoms. The van der Waals surface area contributed by atoms with Crippen molar-refractivity contribution in [3.63, 3.8) is 0 Å². The maximum absolute atomic E-state index is 13.0. The third-order valence-electron chi connectivity index (χ3n) is 10.5. The highest BCUT2D eigenvalue weighted by Gasteiger charge is 2.39. The average Bonchev–Trinajstić information content (AvgIpc) is 3.66. The Morgan fingerprint density at radius 3 is 2.66 bits per heavy atom. The van der Waals surface area contributed by atoms with E-state index in [1.54, 1.807) is 4.90 Å². The fourth-order valence-corrected chi connectivity index (χ4v) is 7.84. The highest BCUT2D eigenvalue weighted by molar-refractivity contribution is 6.36. The Bertz CT molecular complexity index is 1680. The zero-order chi connectivity index (χ0) is 33.3. The fourth-order valence-electron chi connectivity index (χ4n) is 7.56. The molecule has 3 aliphatic rings. The van der Waals surface area contributed by atoms with E-state index in [0.29, 0.717) is 25.7 Å². The van der Waals surface area contributed by atoms with Crippen molar-refractivity contribution < 1.29 is 19.1 Å². The lowest BCUT2D eigenvalue weighted by molar-refractivity contribution is -0.135. The van der Waals surface area contributed by atoms with Gasteiger partial charge in [0.2, 0.25) is 5.91 Å². The molecule has 1 aromatic heterocycles. The number of nitrogens with zero attached hydrogens (tertiary/aromatic N) is 6. The summed E-state index contributed by atoms with van der Waals surface area (Å²) in [7, 11) is 5.53. The van der Waals surface area contributed by atoms with Crippen LogP contribution in [0.1, 0.15) is 50.8 Å². The Labute approximate surface area is 282 Å². The van der Waals surface area contributed by atoms with Crippen LogP contribution in [0.25, 0.3) is 10.8 Å². The minimum atomic E-state index is -0.549. The number of benzene rings is 2. The number of hydrogen-bond donors (Lipinski definition) is 0. The molecule has 3 unspecified atom stereocenters. The number of fused-ring (bicyclic) bond motifs is 2. The number of hydrogen-bond acceptors (Lipinski definition) is 9. The van der Waals surface area contributed by atoms with E-state index >= 15 is 0 Å². The number of halogens is 1. The molecular weight excluding hydrogens is 616 g/mol. The van der Waals surface area contributed by atoms with Crippen molar-refractivity contribution in [2.24, 2.45) is 0 Å². The lowest BCUT2D eigenvalue weighted by Gasteiger charge is -2.36. The molecule has 0 radical (unpaired) electrons. The predicted octanol–water partition coefficient (Wildman–Crippen LogP) is 5.25. The van der Waals surface area contributed by atoms with Gasteiger partial charge in [-0.05, 0) is 70.1 Å². The number of esters is 1. The maximum Gasteiger partial charge on any atom is 0.330 e. The van der Waals surface area contributed by atoms with E-state index in [-0.39, 0.29) is 23.5 Å². The van der Waals surface area contributed by atoms with Crippen LogP contribution in [0.2, 0.25) is 5.02 Å². The number of rotatable bonds is 9. The molecule has 0 N–H and O–H groups in total. The maximum atomic E-state index is 13.0. The second kappa shape index (κ2) is 13.7. The summed E-state index contributed by atoms with van der Waals surface area (Å²) in [6, 6.07) is 12.7. The van der Waals surface area contributed by atoms with Crippen molar-refractivity contribution >= 4 is 45.8 Å². The first-order chi connectivity index (χ1) is 22.6. The number of anilines is 2. The van der Waals surface area contributed by atoms with E-state index < -0.39 is 5.97 Å². The van der Waals surface area contributed by atoms with Gasteiger partial charge < -0.3 is 24.2 Å². The molecule has 11 heteroatoms. The first kappa shape index (κ1) is 33.0. The number of ether oxygens (including phenoxy) is 2. The topological polar surface area (TPSA) is 91.3 Å². The van der Waals surface area contributed by atoms with Crippen LogP contribution in [0.5, 0.6) is 6.01 Å². The molecule has 2 aromatic carbocycles. The van der Waals surface area contributed by atoms with Crippen LogP contribution in [-0.2, 0) is 27.3 Å². The van der Waals surface area contributed by atoms with Crippen molar-refractivity contribution in [3.05, 3.63) is 64.8 Å². The number of likely N-dealkylation sites (tertiary alicyclic amines) is 2. The van der Waals surface area contributed by atoms with Crippen molar-refractivity contribution in [3.8, 4) is 6.01 Å². The van der Waals surface area contributed by atoms with Gasteiger partial charge in [-0.2, -0.15) is 9.97 Å². The van der Waals surface area contributed by atoms with Crippen molar-refractivity contribution in [2.75, 3.05) is 57.2 Å². The molecule has 0 saturated carbocycles. The van der Waals surface area contributed by atoms with Gasteiger partial charge in [0.1, 0.15) is 12.4 Å². The van der Waals surface area contributed by atoms with Gasteiger partial charge in [-0.1, -0.05) is 42.8 Å². The number of carbonyl (C=O) groups excluding carboxylic acids is 2. The number of amides is 1. The van der Waals surface area contributed by atoms with Crippen LogP contribution >= 0.6 is 11.6 Å². The molecule has 3 aliphatic heterocycles. The quantitative estimate of drug-likeness (QED) is 0.225. The first-order valence-electron chi connectivity index (χ1n) is 16.6. The van der Waals surface area contributed by atoms with Crippen LogP contribution in [0.4, 0.5) is 11.5 Å². The zero-order valence-electron chi connectivity index (χ0n) is 28.0. The molecule has 6 rings (SSSR count). The summed E-state index contributed by atoms with van der Waals surface area (Å²) < 4.78 is 11.2. The lowest BCUT2D eigenvalue weighted by Crippen LogP contribution is -2.46. The van der Waals surface area contributed by atoms with Crippen LogP contribution in [0.3, 0.4) is 0 Å². The minimum Gasteiger partial charge on any atom is -0.466 e. The van der Waals surface area contributed by atoms with Gasteiger partial charge in [-0.25, -0.2) is 4.79 Å².